The lowest BCUT2D eigenvalue weighted by Gasteiger charge is -2.11. The van der Waals surface area contributed by atoms with Crippen molar-refractivity contribution in [3.05, 3.63) is 52.7 Å². The normalized spacial score (nSPS) is 10.3. The SMILES string of the molecule is COc1ccc(B(O)O)cc1Cn1cnccc1=O. The zero-order valence-corrected chi connectivity index (χ0v) is 10.4. The summed E-state index contributed by atoms with van der Waals surface area (Å²) in [6, 6.07) is 6.13. The standard InChI is InChI=1S/C12H13BN2O4/c1-19-11-3-2-10(13(17)18)6-9(11)7-15-8-14-5-4-12(15)16/h2-6,8,17-18H,7H2,1H3. The van der Waals surface area contributed by atoms with Gasteiger partial charge in [0.05, 0.1) is 20.0 Å². The molecule has 1 aromatic heterocycles. The van der Waals surface area contributed by atoms with Crippen molar-refractivity contribution in [1.82, 2.24) is 9.55 Å². The first-order chi connectivity index (χ1) is 9.11. The van der Waals surface area contributed by atoms with Gasteiger partial charge < -0.3 is 14.8 Å². The summed E-state index contributed by atoms with van der Waals surface area (Å²) in [7, 11) is -0.0461. The third-order valence-corrected chi connectivity index (χ3v) is 2.74. The molecule has 0 aliphatic rings. The molecule has 0 bridgehead atoms. The highest BCUT2D eigenvalue weighted by Gasteiger charge is 2.14. The fourth-order valence-electron chi connectivity index (χ4n) is 1.76. The highest BCUT2D eigenvalue weighted by molar-refractivity contribution is 6.58. The van der Waals surface area contributed by atoms with E-state index >= 15 is 0 Å². The van der Waals surface area contributed by atoms with Crippen LogP contribution in [-0.2, 0) is 6.54 Å². The van der Waals surface area contributed by atoms with Crippen LogP contribution < -0.4 is 15.8 Å². The van der Waals surface area contributed by atoms with Crippen molar-refractivity contribution in [2.45, 2.75) is 6.54 Å². The quantitative estimate of drug-likeness (QED) is 0.687. The van der Waals surface area contributed by atoms with Crippen molar-refractivity contribution in [1.29, 1.82) is 0 Å². The second-order valence-electron chi connectivity index (χ2n) is 3.99. The Morgan fingerprint density at radius 3 is 2.79 bits per heavy atom. The average molecular weight is 260 g/mol. The highest BCUT2D eigenvalue weighted by atomic mass is 16.5. The molecule has 0 aliphatic heterocycles. The molecule has 6 nitrogen and oxygen atoms in total. The van der Waals surface area contributed by atoms with E-state index in [1.165, 1.54) is 30.3 Å². The number of methoxy groups -OCH3 is 1. The molecule has 0 spiro atoms. The Morgan fingerprint density at radius 1 is 1.37 bits per heavy atom. The molecule has 2 aromatic rings. The number of hydrogen-bond acceptors (Lipinski definition) is 5. The van der Waals surface area contributed by atoms with Crippen LogP contribution in [0.15, 0.2) is 41.6 Å². The first-order valence-corrected chi connectivity index (χ1v) is 5.65. The Bertz CT molecular complexity index is 627. The smallest absolute Gasteiger partial charge is 0.488 e. The minimum Gasteiger partial charge on any atom is -0.496 e. The molecule has 0 fully saturated rings. The fraction of sp³-hybridized carbons (Fsp3) is 0.167. The minimum absolute atomic E-state index is 0.188. The average Bonchev–Trinajstić information content (AvgIpc) is 2.41. The third kappa shape index (κ3) is 3.01. The molecule has 0 radical (unpaired) electrons. The predicted octanol–water partition coefficient (Wildman–Crippen LogP) is -1.02. The predicted molar refractivity (Wildman–Crippen MR) is 70.4 cm³/mol. The molecule has 7 heteroatoms. The summed E-state index contributed by atoms with van der Waals surface area (Å²) in [5.41, 5.74) is 0.822. The van der Waals surface area contributed by atoms with E-state index in [9.17, 15) is 4.79 Å². The van der Waals surface area contributed by atoms with Crippen molar-refractivity contribution < 1.29 is 14.8 Å². The van der Waals surface area contributed by atoms with Gasteiger partial charge in [-0.1, -0.05) is 12.1 Å². The molecule has 98 valence electrons. The molecule has 0 unspecified atom stereocenters. The first kappa shape index (κ1) is 13.3. The van der Waals surface area contributed by atoms with Gasteiger partial charge in [-0.15, -0.1) is 0 Å². The van der Waals surface area contributed by atoms with E-state index in [0.29, 0.717) is 16.8 Å². The van der Waals surface area contributed by atoms with Crippen molar-refractivity contribution in [2.24, 2.45) is 0 Å². The van der Waals surface area contributed by atoms with Crippen LogP contribution in [0, 0.1) is 0 Å². The van der Waals surface area contributed by atoms with E-state index in [4.69, 9.17) is 14.8 Å². The Labute approximate surface area is 110 Å². The van der Waals surface area contributed by atoms with Gasteiger partial charge >= 0.3 is 7.12 Å². The fourth-order valence-corrected chi connectivity index (χ4v) is 1.76. The highest BCUT2D eigenvalue weighted by Crippen LogP contribution is 2.17. The van der Waals surface area contributed by atoms with Crippen LogP contribution in [0.4, 0.5) is 0 Å². The van der Waals surface area contributed by atoms with Crippen LogP contribution in [0.25, 0.3) is 0 Å². The number of hydrogen-bond donors (Lipinski definition) is 2. The maximum atomic E-state index is 11.6. The number of aromatic nitrogens is 2. The number of benzene rings is 1. The van der Waals surface area contributed by atoms with Gasteiger partial charge in [0.1, 0.15) is 5.75 Å². The zero-order chi connectivity index (χ0) is 13.8. The van der Waals surface area contributed by atoms with Crippen LogP contribution in [0.5, 0.6) is 5.75 Å². The Hall–Kier alpha value is -2.12. The Kier molecular flexibility index (Phi) is 3.98. The molecule has 2 N–H and O–H groups in total. The van der Waals surface area contributed by atoms with Crippen molar-refractivity contribution in [2.75, 3.05) is 7.11 Å². The Morgan fingerprint density at radius 2 is 2.16 bits per heavy atom. The summed E-state index contributed by atoms with van der Waals surface area (Å²) in [4.78, 5) is 15.5. The van der Waals surface area contributed by atoms with Gasteiger partial charge in [0, 0.05) is 17.8 Å². The largest absolute Gasteiger partial charge is 0.496 e. The molecule has 0 saturated heterocycles. The van der Waals surface area contributed by atoms with E-state index in [0.717, 1.165) is 0 Å². The van der Waals surface area contributed by atoms with Crippen LogP contribution in [0.1, 0.15) is 5.56 Å². The van der Waals surface area contributed by atoms with Crippen LogP contribution in [0.2, 0.25) is 0 Å². The van der Waals surface area contributed by atoms with E-state index in [-0.39, 0.29) is 12.1 Å². The second-order valence-corrected chi connectivity index (χ2v) is 3.99. The summed E-state index contributed by atoms with van der Waals surface area (Å²) < 4.78 is 6.60. The topological polar surface area (TPSA) is 84.6 Å². The van der Waals surface area contributed by atoms with Gasteiger partial charge in [-0.05, 0) is 11.5 Å². The maximum Gasteiger partial charge on any atom is 0.488 e. The lowest BCUT2D eigenvalue weighted by Crippen LogP contribution is -2.30. The Balaban J connectivity index is 2.40. The van der Waals surface area contributed by atoms with E-state index in [2.05, 4.69) is 4.98 Å². The molecule has 19 heavy (non-hydrogen) atoms. The lowest BCUT2D eigenvalue weighted by atomic mass is 9.79. The second kappa shape index (κ2) is 5.68. The van der Waals surface area contributed by atoms with Crippen LogP contribution in [0.3, 0.4) is 0 Å². The van der Waals surface area contributed by atoms with Gasteiger partial charge in [-0.25, -0.2) is 4.98 Å². The van der Waals surface area contributed by atoms with Gasteiger partial charge in [0.15, 0.2) is 0 Å². The minimum atomic E-state index is -1.56. The molecule has 0 atom stereocenters. The maximum absolute atomic E-state index is 11.6. The van der Waals surface area contributed by atoms with Crippen LogP contribution >= 0.6 is 0 Å². The van der Waals surface area contributed by atoms with Gasteiger partial charge in [-0.2, -0.15) is 0 Å². The van der Waals surface area contributed by atoms with E-state index in [1.54, 1.807) is 18.2 Å². The molecule has 0 aliphatic carbocycles. The third-order valence-electron chi connectivity index (χ3n) is 2.74. The van der Waals surface area contributed by atoms with Crippen LogP contribution in [-0.4, -0.2) is 33.8 Å². The molecule has 1 aromatic carbocycles. The molecular formula is C12H13BN2O4. The van der Waals surface area contributed by atoms with Gasteiger partial charge in [0.2, 0.25) is 0 Å². The summed E-state index contributed by atoms with van der Waals surface area (Å²) in [5, 5.41) is 18.3. The zero-order valence-electron chi connectivity index (χ0n) is 10.4. The molecule has 0 amide bonds. The van der Waals surface area contributed by atoms with Gasteiger partial charge in [0.25, 0.3) is 5.56 Å². The number of rotatable bonds is 4. The summed E-state index contributed by atoms with van der Waals surface area (Å²) in [6.07, 6.45) is 2.84. The van der Waals surface area contributed by atoms with Crippen molar-refractivity contribution in [3.63, 3.8) is 0 Å². The first-order valence-electron chi connectivity index (χ1n) is 5.65. The number of nitrogens with zero attached hydrogens (tertiary/aromatic N) is 2. The van der Waals surface area contributed by atoms with E-state index in [1.807, 2.05) is 0 Å². The summed E-state index contributed by atoms with van der Waals surface area (Å²) in [6.45, 7) is 0.246. The molecule has 0 saturated carbocycles. The summed E-state index contributed by atoms with van der Waals surface area (Å²) >= 11 is 0. The molecule has 1 heterocycles. The number of ether oxygens (including phenoxy) is 1. The molecule has 2 rings (SSSR count). The summed E-state index contributed by atoms with van der Waals surface area (Å²) in [5.74, 6) is 0.570. The van der Waals surface area contributed by atoms with E-state index < -0.39 is 7.12 Å². The van der Waals surface area contributed by atoms with Crippen molar-refractivity contribution in [3.8, 4) is 5.75 Å². The lowest BCUT2D eigenvalue weighted by molar-refractivity contribution is 0.407. The molecular weight excluding hydrogens is 247 g/mol. The van der Waals surface area contributed by atoms with Crippen molar-refractivity contribution >= 4 is 12.6 Å². The monoisotopic (exact) mass is 260 g/mol. The van der Waals surface area contributed by atoms with Gasteiger partial charge in [-0.3, -0.25) is 9.36 Å².